The molecule has 0 aliphatic carbocycles. The van der Waals surface area contributed by atoms with Gasteiger partial charge in [-0.15, -0.1) is 0 Å². The summed E-state index contributed by atoms with van der Waals surface area (Å²) in [6, 6.07) is 8.52. The summed E-state index contributed by atoms with van der Waals surface area (Å²) in [6.07, 6.45) is 6.57. The number of rotatable bonds is 2. The second kappa shape index (κ2) is 5.82. The Morgan fingerprint density at radius 2 is 1.79 bits per heavy atom. The largest absolute Gasteiger partial charge is 0.305 e. The number of H-pyrrole nitrogens is 1. The van der Waals surface area contributed by atoms with Crippen LogP contribution in [0.4, 0.5) is 0 Å². The van der Waals surface area contributed by atoms with Crippen molar-refractivity contribution in [2.75, 3.05) is 0 Å². The Bertz CT molecular complexity index is 1090. The molecule has 4 aromatic heterocycles. The molecule has 0 saturated carbocycles. The number of halogens is 1. The van der Waals surface area contributed by atoms with Gasteiger partial charge in [-0.1, -0.05) is 11.6 Å². The van der Waals surface area contributed by atoms with E-state index in [1.807, 2.05) is 12.1 Å². The molecule has 0 aliphatic heterocycles. The van der Waals surface area contributed by atoms with Gasteiger partial charge < -0.3 is 4.98 Å². The topological polar surface area (TPSA) is 84.4 Å². The predicted octanol–water partition coefficient (Wildman–Crippen LogP) is 3.10. The van der Waals surface area contributed by atoms with Crippen LogP contribution in [0.15, 0.2) is 59.9 Å². The first kappa shape index (κ1) is 14.5. The molecule has 116 valence electrons. The zero-order chi connectivity index (χ0) is 16.5. The molecule has 0 radical (unpaired) electrons. The van der Waals surface area contributed by atoms with E-state index in [1.54, 1.807) is 36.9 Å². The second-order valence-corrected chi connectivity index (χ2v) is 5.48. The van der Waals surface area contributed by atoms with Crippen molar-refractivity contribution in [1.29, 1.82) is 0 Å². The minimum atomic E-state index is -0.233. The fourth-order valence-corrected chi connectivity index (χ4v) is 2.64. The van der Waals surface area contributed by atoms with E-state index < -0.39 is 0 Å². The Kier molecular flexibility index (Phi) is 3.51. The zero-order valence-corrected chi connectivity index (χ0v) is 13.0. The van der Waals surface area contributed by atoms with E-state index in [4.69, 9.17) is 11.6 Å². The van der Waals surface area contributed by atoms with Crippen LogP contribution in [0.2, 0.25) is 5.02 Å². The first-order valence-corrected chi connectivity index (χ1v) is 7.51. The third kappa shape index (κ3) is 2.53. The van der Waals surface area contributed by atoms with Crippen LogP contribution >= 0.6 is 11.6 Å². The van der Waals surface area contributed by atoms with Crippen LogP contribution < -0.4 is 5.56 Å². The highest BCUT2D eigenvalue weighted by molar-refractivity contribution is 6.33. The van der Waals surface area contributed by atoms with Gasteiger partial charge in [0.1, 0.15) is 11.2 Å². The fraction of sp³-hybridized carbons (Fsp3) is 0. The molecule has 0 aliphatic rings. The number of hydrogen-bond donors (Lipinski definition) is 1. The second-order valence-electron chi connectivity index (χ2n) is 5.07. The van der Waals surface area contributed by atoms with Crippen LogP contribution in [0.3, 0.4) is 0 Å². The van der Waals surface area contributed by atoms with E-state index in [-0.39, 0.29) is 5.56 Å². The third-order valence-corrected chi connectivity index (χ3v) is 3.82. The highest BCUT2D eigenvalue weighted by Crippen LogP contribution is 2.33. The van der Waals surface area contributed by atoms with Crippen molar-refractivity contribution in [3.05, 3.63) is 70.5 Å². The number of nitrogens with one attached hydrogen (secondary N) is 1. The molecule has 0 bridgehead atoms. The Morgan fingerprint density at radius 1 is 0.917 bits per heavy atom. The Labute approximate surface area is 141 Å². The maximum Gasteiger partial charge on any atom is 0.249 e. The van der Waals surface area contributed by atoms with E-state index in [1.165, 1.54) is 6.07 Å². The van der Waals surface area contributed by atoms with Crippen LogP contribution in [0.5, 0.6) is 0 Å². The van der Waals surface area contributed by atoms with Gasteiger partial charge >= 0.3 is 0 Å². The molecular formula is C17H10ClN5O. The number of fused-ring (bicyclic) bond motifs is 1. The van der Waals surface area contributed by atoms with Crippen LogP contribution in [-0.2, 0) is 0 Å². The van der Waals surface area contributed by atoms with Gasteiger partial charge in [0.25, 0.3) is 0 Å². The minimum Gasteiger partial charge on any atom is -0.305 e. The summed E-state index contributed by atoms with van der Waals surface area (Å²) in [6.45, 7) is 0. The Hall–Kier alpha value is -3.12. The van der Waals surface area contributed by atoms with Gasteiger partial charge in [0.2, 0.25) is 5.56 Å². The first-order valence-electron chi connectivity index (χ1n) is 7.14. The molecule has 0 unspecified atom stereocenters. The minimum absolute atomic E-state index is 0.233. The van der Waals surface area contributed by atoms with Crippen molar-refractivity contribution in [1.82, 2.24) is 24.9 Å². The summed E-state index contributed by atoms with van der Waals surface area (Å²) >= 11 is 6.29. The van der Waals surface area contributed by atoms with Gasteiger partial charge in [-0.2, -0.15) is 0 Å². The molecule has 0 atom stereocenters. The third-order valence-electron chi connectivity index (χ3n) is 3.52. The summed E-state index contributed by atoms with van der Waals surface area (Å²) in [4.78, 5) is 31.6. The molecule has 1 N–H and O–H groups in total. The van der Waals surface area contributed by atoms with Crippen molar-refractivity contribution in [2.45, 2.75) is 0 Å². The molecule has 7 heteroatoms. The van der Waals surface area contributed by atoms with Crippen LogP contribution in [0, 0.1) is 0 Å². The summed E-state index contributed by atoms with van der Waals surface area (Å²) in [7, 11) is 0. The lowest BCUT2D eigenvalue weighted by atomic mass is 10.1. The smallest absolute Gasteiger partial charge is 0.249 e. The van der Waals surface area contributed by atoms with E-state index in [2.05, 4.69) is 24.9 Å². The van der Waals surface area contributed by atoms with Gasteiger partial charge in [-0.05, 0) is 24.3 Å². The zero-order valence-electron chi connectivity index (χ0n) is 12.3. The average molecular weight is 336 g/mol. The van der Waals surface area contributed by atoms with E-state index >= 15 is 0 Å². The van der Waals surface area contributed by atoms with Gasteiger partial charge in [0.15, 0.2) is 5.65 Å². The van der Waals surface area contributed by atoms with Gasteiger partial charge in [0.05, 0.1) is 10.7 Å². The molecule has 24 heavy (non-hydrogen) atoms. The number of aromatic nitrogens is 5. The number of hydrogen-bond acceptors (Lipinski definition) is 5. The molecule has 0 spiro atoms. The average Bonchev–Trinajstić information content (AvgIpc) is 2.62. The maximum atomic E-state index is 11.6. The highest BCUT2D eigenvalue weighted by atomic mass is 35.5. The number of pyridine rings is 3. The predicted molar refractivity (Wildman–Crippen MR) is 91.6 cm³/mol. The van der Waals surface area contributed by atoms with E-state index in [0.717, 1.165) is 5.56 Å². The SMILES string of the molecule is O=c1ccc2nc(-c3ccncc3Cl)c(-c3cccnc3)nc2[nH]1. The van der Waals surface area contributed by atoms with Crippen LogP contribution in [-0.4, -0.2) is 24.9 Å². The van der Waals surface area contributed by atoms with Crippen molar-refractivity contribution in [2.24, 2.45) is 0 Å². The molecule has 0 saturated heterocycles. The quantitative estimate of drug-likeness (QED) is 0.608. The van der Waals surface area contributed by atoms with Crippen molar-refractivity contribution in [3.63, 3.8) is 0 Å². The maximum absolute atomic E-state index is 11.6. The van der Waals surface area contributed by atoms with Crippen LogP contribution in [0.25, 0.3) is 33.7 Å². The molecular weight excluding hydrogens is 326 g/mol. The van der Waals surface area contributed by atoms with Gasteiger partial charge in [-0.3, -0.25) is 14.8 Å². The molecule has 4 heterocycles. The monoisotopic (exact) mass is 335 g/mol. The summed E-state index contributed by atoms with van der Waals surface area (Å²) < 4.78 is 0. The highest BCUT2D eigenvalue weighted by Gasteiger charge is 2.16. The fourth-order valence-electron chi connectivity index (χ4n) is 2.43. The summed E-state index contributed by atoms with van der Waals surface area (Å²) in [5.74, 6) is 0. The van der Waals surface area contributed by atoms with Crippen molar-refractivity contribution < 1.29 is 0 Å². The number of nitrogens with zero attached hydrogens (tertiary/aromatic N) is 4. The van der Waals surface area contributed by atoms with E-state index in [9.17, 15) is 4.79 Å². The number of aromatic amines is 1. The van der Waals surface area contributed by atoms with Crippen molar-refractivity contribution in [3.8, 4) is 22.5 Å². The Morgan fingerprint density at radius 3 is 2.58 bits per heavy atom. The lowest BCUT2D eigenvalue weighted by Gasteiger charge is -2.10. The Balaban J connectivity index is 2.09. The molecule has 4 rings (SSSR count). The van der Waals surface area contributed by atoms with Gasteiger partial charge in [-0.25, -0.2) is 9.97 Å². The standard InChI is InChI=1S/C17H10ClN5O/c18-12-9-20-7-5-11(12)16-15(10-2-1-6-19-8-10)23-17-13(21-16)3-4-14(24)22-17/h1-9H,(H,22,23,24). The van der Waals surface area contributed by atoms with Gasteiger partial charge in [0, 0.05) is 42.0 Å². The molecule has 0 amide bonds. The molecule has 0 aromatic carbocycles. The summed E-state index contributed by atoms with van der Waals surface area (Å²) in [5, 5.41) is 0.473. The normalized spacial score (nSPS) is 10.9. The molecule has 6 nitrogen and oxygen atoms in total. The lowest BCUT2D eigenvalue weighted by molar-refractivity contribution is 1.18. The molecule has 0 fully saturated rings. The van der Waals surface area contributed by atoms with E-state index in [0.29, 0.717) is 33.1 Å². The van der Waals surface area contributed by atoms with Crippen LogP contribution in [0.1, 0.15) is 0 Å². The lowest BCUT2D eigenvalue weighted by Crippen LogP contribution is -2.06. The first-order chi connectivity index (χ1) is 11.7. The van der Waals surface area contributed by atoms with Crippen molar-refractivity contribution >= 4 is 22.8 Å². The molecule has 4 aromatic rings. The summed E-state index contributed by atoms with van der Waals surface area (Å²) in [5.41, 5.74) is 3.44.